The smallest absolute Gasteiger partial charge is 0.148 e. The zero-order valence-corrected chi connectivity index (χ0v) is 16.8. The molecule has 2 atom stereocenters. The van der Waals surface area contributed by atoms with Gasteiger partial charge in [-0.3, -0.25) is 0 Å². The van der Waals surface area contributed by atoms with Gasteiger partial charge in [0.1, 0.15) is 11.5 Å². The van der Waals surface area contributed by atoms with Gasteiger partial charge in [0.15, 0.2) is 0 Å². The lowest BCUT2D eigenvalue weighted by Crippen LogP contribution is -2.55. The quantitative estimate of drug-likeness (QED) is 0.666. The number of anilines is 1. The molecule has 0 aromatic heterocycles. The van der Waals surface area contributed by atoms with Gasteiger partial charge in [-0.1, -0.05) is 60.7 Å². The first-order valence-electron chi connectivity index (χ1n) is 10.4. The second-order valence-corrected chi connectivity index (χ2v) is 8.37. The molecule has 1 saturated carbocycles. The van der Waals surface area contributed by atoms with Crippen LogP contribution < -0.4 is 9.64 Å². The number of hydrogen-bond donors (Lipinski definition) is 1. The predicted octanol–water partition coefficient (Wildman–Crippen LogP) is 5.07. The Balaban J connectivity index is 1.61. The maximum absolute atomic E-state index is 12.2. The van der Waals surface area contributed by atoms with Crippen LogP contribution in [0.4, 0.5) is 5.69 Å². The zero-order chi connectivity index (χ0) is 19.9. The average molecular weight is 386 g/mol. The van der Waals surface area contributed by atoms with Crippen LogP contribution in [0.1, 0.15) is 36.0 Å². The molecule has 2 aliphatic rings. The number of benzene rings is 3. The Kier molecular flexibility index (Phi) is 4.36. The summed E-state index contributed by atoms with van der Waals surface area (Å²) in [5.41, 5.74) is 3.70. The monoisotopic (exact) mass is 385 g/mol. The molecule has 0 spiro atoms. The molecule has 148 valence electrons. The summed E-state index contributed by atoms with van der Waals surface area (Å²) in [6, 6.07) is 27.3. The Morgan fingerprint density at radius 2 is 1.66 bits per heavy atom. The van der Waals surface area contributed by atoms with E-state index < -0.39 is 5.72 Å². The van der Waals surface area contributed by atoms with Gasteiger partial charge < -0.3 is 14.7 Å². The van der Waals surface area contributed by atoms with Crippen LogP contribution in [0.15, 0.2) is 78.9 Å². The van der Waals surface area contributed by atoms with Crippen molar-refractivity contribution in [2.24, 2.45) is 0 Å². The minimum atomic E-state index is -0.879. The molecular formula is C26H27NO2. The van der Waals surface area contributed by atoms with Gasteiger partial charge in [0.2, 0.25) is 0 Å². The van der Waals surface area contributed by atoms with Gasteiger partial charge >= 0.3 is 0 Å². The highest BCUT2D eigenvalue weighted by atomic mass is 16.5. The van der Waals surface area contributed by atoms with Gasteiger partial charge in [0, 0.05) is 17.6 Å². The first-order chi connectivity index (χ1) is 14.2. The van der Waals surface area contributed by atoms with Gasteiger partial charge in [-0.05, 0) is 60.6 Å². The molecule has 3 nitrogen and oxygen atoms in total. The summed E-state index contributed by atoms with van der Waals surface area (Å²) in [7, 11) is 1.70. The van der Waals surface area contributed by atoms with Crippen LogP contribution in [0.3, 0.4) is 0 Å². The lowest BCUT2D eigenvalue weighted by molar-refractivity contribution is -0.0113. The molecule has 1 aliphatic carbocycles. The number of fused-ring (bicyclic) bond motifs is 3. The highest BCUT2D eigenvalue weighted by Crippen LogP contribution is 2.60. The highest BCUT2D eigenvalue weighted by molar-refractivity contribution is 5.67. The van der Waals surface area contributed by atoms with Gasteiger partial charge in [0.25, 0.3) is 0 Å². The number of para-hydroxylation sites is 1. The molecule has 3 aromatic rings. The molecule has 3 aromatic carbocycles. The second kappa shape index (κ2) is 6.93. The molecule has 5 rings (SSSR count). The van der Waals surface area contributed by atoms with E-state index in [0.717, 1.165) is 31.4 Å². The molecule has 0 radical (unpaired) electrons. The Morgan fingerprint density at radius 3 is 2.48 bits per heavy atom. The summed E-state index contributed by atoms with van der Waals surface area (Å²) >= 11 is 0. The minimum absolute atomic E-state index is 0.301. The van der Waals surface area contributed by atoms with E-state index in [1.807, 2.05) is 18.2 Å². The van der Waals surface area contributed by atoms with Crippen molar-refractivity contribution in [3.05, 3.63) is 95.6 Å². The number of ether oxygens (including phenoxy) is 1. The molecular weight excluding hydrogens is 358 g/mol. The molecule has 0 unspecified atom stereocenters. The summed E-state index contributed by atoms with van der Waals surface area (Å²) in [6.07, 6.45) is 3.62. The van der Waals surface area contributed by atoms with Gasteiger partial charge in [-0.15, -0.1) is 0 Å². The average Bonchev–Trinajstić information content (AvgIpc) is 3.18. The third kappa shape index (κ3) is 2.76. The summed E-state index contributed by atoms with van der Waals surface area (Å²) in [5, 5.41) is 12.2. The van der Waals surface area contributed by atoms with Crippen LogP contribution in [-0.2, 0) is 18.4 Å². The fourth-order valence-corrected chi connectivity index (χ4v) is 5.57. The van der Waals surface area contributed by atoms with E-state index in [2.05, 4.69) is 65.6 Å². The largest absolute Gasteiger partial charge is 0.497 e. The second-order valence-electron chi connectivity index (χ2n) is 8.37. The molecule has 29 heavy (non-hydrogen) atoms. The van der Waals surface area contributed by atoms with E-state index in [0.29, 0.717) is 6.54 Å². The van der Waals surface area contributed by atoms with Crippen molar-refractivity contribution in [1.29, 1.82) is 0 Å². The molecule has 0 bridgehead atoms. The number of aliphatic hydroxyl groups is 1. The molecule has 1 aliphatic heterocycles. The number of methoxy groups -OCH3 is 1. The van der Waals surface area contributed by atoms with Crippen molar-refractivity contribution in [2.75, 3.05) is 12.0 Å². The van der Waals surface area contributed by atoms with Crippen molar-refractivity contribution in [1.82, 2.24) is 0 Å². The van der Waals surface area contributed by atoms with E-state index in [1.165, 1.54) is 22.4 Å². The van der Waals surface area contributed by atoms with E-state index in [4.69, 9.17) is 4.74 Å². The normalized spacial score (nSPS) is 25.0. The fourth-order valence-electron chi connectivity index (χ4n) is 5.57. The number of rotatable bonds is 5. The topological polar surface area (TPSA) is 32.7 Å². The summed E-state index contributed by atoms with van der Waals surface area (Å²) in [4.78, 5) is 2.25. The van der Waals surface area contributed by atoms with Crippen molar-refractivity contribution in [2.45, 2.75) is 43.4 Å². The molecule has 0 saturated heterocycles. The Labute approximate surface area is 172 Å². The van der Waals surface area contributed by atoms with Crippen molar-refractivity contribution in [3.8, 4) is 5.75 Å². The Bertz CT molecular complexity index is 1020. The van der Waals surface area contributed by atoms with Crippen LogP contribution in [0.2, 0.25) is 0 Å². The fraction of sp³-hybridized carbons (Fsp3) is 0.308. The first-order valence-corrected chi connectivity index (χ1v) is 10.4. The third-order valence-electron chi connectivity index (χ3n) is 6.88. The maximum Gasteiger partial charge on any atom is 0.148 e. The van der Waals surface area contributed by atoms with Gasteiger partial charge in [0.05, 0.1) is 7.11 Å². The third-order valence-corrected chi connectivity index (χ3v) is 6.88. The van der Waals surface area contributed by atoms with E-state index in [1.54, 1.807) is 7.11 Å². The standard InChI is InChI=1S/C26H27NO2/c1-29-22-12-7-11-21(17-22)18-25-15-8-16-26(25,28)27(19-20-9-3-2-4-10-20)24-14-6-5-13-23(24)25/h2-7,9-14,17,28H,8,15-16,18-19H2,1H3/t25-,26-/m1/s1. The van der Waals surface area contributed by atoms with Crippen molar-refractivity contribution in [3.63, 3.8) is 0 Å². The SMILES string of the molecule is COc1cccc(C[C@@]23CCC[C@]2(O)N(Cc2ccccc2)c2ccccc23)c1. The van der Waals surface area contributed by atoms with Crippen LogP contribution in [-0.4, -0.2) is 17.9 Å². The molecule has 1 N–H and O–H groups in total. The first kappa shape index (κ1) is 18.3. The maximum atomic E-state index is 12.2. The van der Waals surface area contributed by atoms with Crippen molar-refractivity contribution < 1.29 is 9.84 Å². The number of nitrogens with zero attached hydrogens (tertiary/aromatic N) is 1. The van der Waals surface area contributed by atoms with E-state index in [-0.39, 0.29) is 5.41 Å². The van der Waals surface area contributed by atoms with Crippen LogP contribution in [0.5, 0.6) is 5.75 Å². The van der Waals surface area contributed by atoms with E-state index >= 15 is 0 Å². The molecule has 0 amide bonds. The summed E-state index contributed by atoms with van der Waals surface area (Å²) in [5.74, 6) is 0.868. The van der Waals surface area contributed by atoms with Crippen LogP contribution >= 0.6 is 0 Å². The van der Waals surface area contributed by atoms with Crippen LogP contribution in [0, 0.1) is 0 Å². The predicted molar refractivity (Wildman–Crippen MR) is 116 cm³/mol. The van der Waals surface area contributed by atoms with Crippen molar-refractivity contribution >= 4 is 5.69 Å². The zero-order valence-electron chi connectivity index (χ0n) is 16.8. The molecule has 1 fully saturated rings. The number of hydrogen-bond acceptors (Lipinski definition) is 3. The lowest BCUT2D eigenvalue weighted by atomic mass is 9.71. The molecule has 3 heteroatoms. The van der Waals surface area contributed by atoms with Gasteiger partial charge in [-0.2, -0.15) is 0 Å². The minimum Gasteiger partial charge on any atom is -0.497 e. The van der Waals surface area contributed by atoms with Crippen LogP contribution in [0.25, 0.3) is 0 Å². The highest BCUT2D eigenvalue weighted by Gasteiger charge is 2.63. The Hall–Kier alpha value is -2.78. The summed E-state index contributed by atoms with van der Waals surface area (Å²) < 4.78 is 5.45. The Morgan fingerprint density at radius 1 is 0.897 bits per heavy atom. The summed E-state index contributed by atoms with van der Waals surface area (Å²) in [6.45, 7) is 0.716. The van der Waals surface area contributed by atoms with E-state index in [9.17, 15) is 5.11 Å². The molecule has 1 heterocycles. The van der Waals surface area contributed by atoms with Gasteiger partial charge in [-0.25, -0.2) is 0 Å². The lowest BCUT2D eigenvalue weighted by Gasteiger charge is -2.43.